The third kappa shape index (κ3) is 2.12. The number of benzene rings is 2. The molecule has 2 aromatic carbocycles. The summed E-state index contributed by atoms with van der Waals surface area (Å²) >= 11 is 0. The number of carbonyl (C=O) groups is 1. The Morgan fingerprint density at radius 3 is 2.65 bits per heavy atom. The molecule has 0 aromatic heterocycles. The molecule has 100 valence electrons. The quantitative estimate of drug-likeness (QED) is 0.860. The van der Waals surface area contributed by atoms with Crippen molar-refractivity contribution in [3.63, 3.8) is 0 Å². The largest absolute Gasteiger partial charge is 0.508 e. The molecule has 1 aliphatic heterocycles. The van der Waals surface area contributed by atoms with Crippen molar-refractivity contribution in [3.8, 4) is 5.75 Å². The highest BCUT2D eigenvalue weighted by atomic mass is 16.6. The molecule has 1 heterocycles. The van der Waals surface area contributed by atoms with E-state index in [9.17, 15) is 9.90 Å². The SMILES string of the molecule is CN1C(=O)O/C(=C\c2ccccc2)c2cc(O)ccc21. The first kappa shape index (κ1) is 12.3. The van der Waals surface area contributed by atoms with Gasteiger partial charge < -0.3 is 9.84 Å². The van der Waals surface area contributed by atoms with Gasteiger partial charge >= 0.3 is 6.09 Å². The van der Waals surface area contributed by atoms with E-state index in [0.717, 1.165) is 5.56 Å². The van der Waals surface area contributed by atoms with Crippen molar-refractivity contribution >= 4 is 23.6 Å². The van der Waals surface area contributed by atoms with Crippen LogP contribution in [0.15, 0.2) is 48.5 Å². The lowest BCUT2D eigenvalue weighted by Crippen LogP contribution is -2.31. The number of fused-ring (bicyclic) bond motifs is 1. The first-order valence-corrected chi connectivity index (χ1v) is 6.21. The van der Waals surface area contributed by atoms with Gasteiger partial charge in [-0.25, -0.2) is 4.79 Å². The van der Waals surface area contributed by atoms with E-state index in [4.69, 9.17) is 4.74 Å². The van der Waals surface area contributed by atoms with E-state index in [1.807, 2.05) is 30.3 Å². The molecule has 0 bridgehead atoms. The highest BCUT2D eigenvalue weighted by molar-refractivity contribution is 6.01. The van der Waals surface area contributed by atoms with E-state index in [1.165, 1.54) is 4.90 Å². The predicted octanol–water partition coefficient (Wildman–Crippen LogP) is 3.48. The molecule has 0 spiro atoms. The summed E-state index contributed by atoms with van der Waals surface area (Å²) in [4.78, 5) is 13.3. The molecule has 0 radical (unpaired) electrons. The average Bonchev–Trinajstić information content (AvgIpc) is 2.45. The van der Waals surface area contributed by atoms with Crippen LogP contribution in [0.3, 0.4) is 0 Å². The molecule has 3 rings (SSSR count). The number of aromatic hydroxyl groups is 1. The van der Waals surface area contributed by atoms with Gasteiger partial charge in [0.1, 0.15) is 11.5 Å². The van der Waals surface area contributed by atoms with Gasteiger partial charge in [0.05, 0.1) is 5.69 Å². The van der Waals surface area contributed by atoms with Crippen LogP contribution in [0, 0.1) is 0 Å². The lowest BCUT2D eigenvalue weighted by atomic mass is 10.1. The van der Waals surface area contributed by atoms with Crippen molar-refractivity contribution in [2.24, 2.45) is 0 Å². The summed E-state index contributed by atoms with van der Waals surface area (Å²) < 4.78 is 5.32. The van der Waals surface area contributed by atoms with Crippen molar-refractivity contribution in [1.82, 2.24) is 0 Å². The number of amides is 1. The van der Waals surface area contributed by atoms with E-state index >= 15 is 0 Å². The number of hydrogen-bond donors (Lipinski definition) is 1. The Labute approximate surface area is 116 Å². The van der Waals surface area contributed by atoms with Crippen LogP contribution in [0.25, 0.3) is 11.8 Å². The molecule has 2 aromatic rings. The van der Waals surface area contributed by atoms with Gasteiger partial charge in [0.2, 0.25) is 0 Å². The number of phenolic OH excluding ortho intramolecular Hbond substituents is 1. The van der Waals surface area contributed by atoms with Crippen LogP contribution in [-0.4, -0.2) is 18.2 Å². The van der Waals surface area contributed by atoms with E-state index in [1.54, 1.807) is 31.3 Å². The summed E-state index contributed by atoms with van der Waals surface area (Å²) in [6, 6.07) is 14.4. The van der Waals surface area contributed by atoms with Crippen LogP contribution < -0.4 is 4.90 Å². The average molecular weight is 267 g/mol. The zero-order valence-electron chi connectivity index (χ0n) is 10.9. The van der Waals surface area contributed by atoms with E-state index in [2.05, 4.69) is 0 Å². The van der Waals surface area contributed by atoms with E-state index in [0.29, 0.717) is 17.0 Å². The minimum atomic E-state index is -0.439. The molecule has 1 N–H and O–H groups in total. The maximum absolute atomic E-state index is 11.8. The van der Waals surface area contributed by atoms with Gasteiger partial charge in [-0.15, -0.1) is 0 Å². The molecule has 20 heavy (non-hydrogen) atoms. The molecule has 0 aliphatic carbocycles. The minimum absolute atomic E-state index is 0.133. The molecule has 0 atom stereocenters. The van der Waals surface area contributed by atoms with Gasteiger partial charge in [0, 0.05) is 12.6 Å². The molecule has 0 unspecified atom stereocenters. The van der Waals surface area contributed by atoms with Crippen molar-refractivity contribution in [1.29, 1.82) is 0 Å². The second-order valence-corrected chi connectivity index (χ2v) is 4.55. The van der Waals surface area contributed by atoms with Crippen molar-refractivity contribution < 1.29 is 14.6 Å². The molecule has 4 heteroatoms. The Morgan fingerprint density at radius 2 is 1.90 bits per heavy atom. The van der Waals surface area contributed by atoms with Crippen LogP contribution in [0.5, 0.6) is 5.75 Å². The smallest absolute Gasteiger partial charge is 0.419 e. The van der Waals surface area contributed by atoms with Gasteiger partial charge in [-0.1, -0.05) is 30.3 Å². The molecule has 4 nitrogen and oxygen atoms in total. The molecular formula is C16H13NO3. The van der Waals surface area contributed by atoms with E-state index in [-0.39, 0.29) is 5.75 Å². The van der Waals surface area contributed by atoms with Crippen LogP contribution in [0.1, 0.15) is 11.1 Å². The summed E-state index contributed by atoms with van der Waals surface area (Å²) in [5, 5.41) is 9.64. The Morgan fingerprint density at radius 1 is 1.15 bits per heavy atom. The highest BCUT2D eigenvalue weighted by Crippen LogP contribution is 2.36. The Hall–Kier alpha value is -2.75. The fourth-order valence-electron chi connectivity index (χ4n) is 2.14. The summed E-state index contributed by atoms with van der Waals surface area (Å²) in [7, 11) is 1.64. The van der Waals surface area contributed by atoms with Gasteiger partial charge in [0.25, 0.3) is 0 Å². The topological polar surface area (TPSA) is 49.8 Å². The third-order valence-electron chi connectivity index (χ3n) is 3.18. The number of carbonyl (C=O) groups excluding carboxylic acids is 1. The Bertz CT molecular complexity index is 692. The minimum Gasteiger partial charge on any atom is -0.508 e. The molecule has 0 saturated heterocycles. The zero-order chi connectivity index (χ0) is 14.1. The molecule has 1 aliphatic rings. The number of nitrogens with zero attached hydrogens (tertiary/aromatic N) is 1. The maximum Gasteiger partial charge on any atom is 0.419 e. The van der Waals surface area contributed by atoms with Crippen molar-refractivity contribution in [2.75, 3.05) is 11.9 Å². The van der Waals surface area contributed by atoms with Crippen LogP contribution >= 0.6 is 0 Å². The number of phenols is 1. The monoisotopic (exact) mass is 267 g/mol. The molecule has 0 saturated carbocycles. The van der Waals surface area contributed by atoms with Crippen LogP contribution in [-0.2, 0) is 4.74 Å². The van der Waals surface area contributed by atoms with Crippen LogP contribution in [0.4, 0.5) is 10.5 Å². The van der Waals surface area contributed by atoms with Crippen molar-refractivity contribution in [2.45, 2.75) is 0 Å². The third-order valence-corrected chi connectivity index (χ3v) is 3.18. The lowest BCUT2D eigenvalue weighted by molar-refractivity contribution is 0.199. The lowest BCUT2D eigenvalue weighted by Gasteiger charge is -2.27. The Kier molecular flexibility index (Phi) is 2.91. The standard InChI is InChI=1S/C16H13NO3/c1-17-14-8-7-12(18)10-13(14)15(20-16(17)19)9-11-5-3-2-4-6-11/h2-10,18H,1H3/b15-9-. The second kappa shape index (κ2) is 4.74. The fraction of sp³-hybridized carbons (Fsp3) is 0.0625. The Balaban J connectivity index is 2.14. The number of rotatable bonds is 1. The number of hydrogen-bond acceptors (Lipinski definition) is 3. The predicted molar refractivity (Wildman–Crippen MR) is 77.3 cm³/mol. The number of anilines is 1. The number of ether oxygens (including phenoxy) is 1. The summed E-state index contributed by atoms with van der Waals surface area (Å²) in [5.74, 6) is 0.569. The van der Waals surface area contributed by atoms with Gasteiger partial charge in [-0.2, -0.15) is 0 Å². The molecule has 1 amide bonds. The van der Waals surface area contributed by atoms with Crippen molar-refractivity contribution in [3.05, 3.63) is 59.7 Å². The highest BCUT2D eigenvalue weighted by Gasteiger charge is 2.26. The normalized spacial score (nSPS) is 15.9. The molecular weight excluding hydrogens is 254 g/mol. The summed E-state index contributed by atoms with van der Waals surface area (Å²) in [6.07, 6.45) is 1.34. The second-order valence-electron chi connectivity index (χ2n) is 4.55. The first-order valence-electron chi connectivity index (χ1n) is 6.21. The van der Waals surface area contributed by atoms with Gasteiger partial charge in [0.15, 0.2) is 0 Å². The number of cyclic esters (lactones) is 1. The first-order chi connectivity index (χ1) is 9.65. The summed E-state index contributed by atoms with van der Waals surface area (Å²) in [5.41, 5.74) is 2.33. The summed E-state index contributed by atoms with van der Waals surface area (Å²) in [6.45, 7) is 0. The van der Waals surface area contributed by atoms with E-state index < -0.39 is 6.09 Å². The van der Waals surface area contributed by atoms with Crippen LogP contribution in [0.2, 0.25) is 0 Å². The zero-order valence-corrected chi connectivity index (χ0v) is 10.9. The van der Waals surface area contributed by atoms with Gasteiger partial charge in [-0.3, -0.25) is 4.90 Å². The van der Waals surface area contributed by atoms with Gasteiger partial charge in [-0.05, 0) is 29.8 Å². The molecule has 0 fully saturated rings. The fourth-order valence-corrected chi connectivity index (χ4v) is 2.14. The maximum atomic E-state index is 11.8.